The molecule has 1 aromatic rings. The Morgan fingerprint density at radius 2 is 2.05 bits per heavy atom. The number of rotatable bonds is 6. The van der Waals surface area contributed by atoms with Gasteiger partial charge in [-0.15, -0.1) is 0 Å². The number of carbonyl (C=O) groups is 1. The van der Waals surface area contributed by atoms with Crippen molar-refractivity contribution in [3.63, 3.8) is 0 Å². The van der Waals surface area contributed by atoms with Gasteiger partial charge < -0.3 is 15.1 Å². The third kappa shape index (κ3) is 4.12. The van der Waals surface area contributed by atoms with Crippen LogP contribution in [0.5, 0.6) is 0 Å². The van der Waals surface area contributed by atoms with Gasteiger partial charge in [0, 0.05) is 13.1 Å². The highest BCUT2D eigenvalue weighted by molar-refractivity contribution is 5.90. The summed E-state index contributed by atoms with van der Waals surface area (Å²) in [6.07, 6.45) is 0. The maximum absolute atomic E-state index is 13.6. The van der Waals surface area contributed by atoms with Crippen molar-refractivity contribution in [1.29, 1.82) is 0 Å². The number of aliphatic hydroxyl groups is 1. The first kappa shape index (κ1) is 16.8. The van der Waals surface area contributed by atoms with Crippen molar-refractivity contribution in [3.8, 4) is 0 Å². The van der Waals surface area contributed by atoms with Gasteiger partial charge in [0.05, 0.1) is 22.2 Å². The van der Waals surface area contributed by atoms with Gasteiger partial charge in [-0.3, -0.25) is 10.1 Å². The number of hydrogen-bond donors (Lipinski definition) is 2. The number of aromatic carboxylic acids is 1. The Bertz CT molecular complexity index is 568. The molecule has 7 nitrogen and oxygen atoms in total. The lowest BCUT2D eigenvalue weighted by Crippen LogP contribution is -2.39. The molecule has 1 aromatic carbocycles. The van der Waals surface area contributed by atoms with Crippen LogP contribution in [0.4, 0.5) is 15.8 Å². The van der Waals surface area contributed by atoms with E-state index < -0.39 is 33.6 Å². The van der Waals surface area contributed by atoms with Crippen molar-refractivity contribution in [2.24, 2.45) is 0 Å². The third-order valence-corrected chi connectivity index (χ3v) is 2.79. The Balaban J connectivity index is 3.45. The van der Waals surface area contributed by atoms with E-state index in [4.69, 9.17) is 5.11 Å². The zero-order valence-corrected chi connectivity index (χ0v) is 12.0. The summed E-state index contributed by atoms with van der Waals surface area (Å²) in [6.45, 7) is 5.05. The number of halogens is 1. The number of benzene rings is 1. The maximum atomic E-state index is 13.6. The van der Waals surface area contributed by atoms with Crippen LogP contribution in [0, 0.1) is 15.9 Å². The van der Waals surface area contributed by atoms with Crippen molar-refractivity contribution in [2.45, 2.75) is 26.4 Å². The monoisotopic (exact) mass is 300 g/mol. The molecule has 8 heteroatoms. The summed E-state index contributed by atoms with van der Waals surface area (Å²) in [4.78, 5) is 22.7. The first-order valence-electron chi connectivity index (χ1n) is 6.25. The molecule has 0 radical (unpaired) electrons. The van der Waals surface area contributed by atoms with Crippen LogP contribution < -0.4 is 4.90 Å². The first-order valence-corrected chi connectivity index (χ1v) is 6.25. The van der Waals surface area contributed by atoms with Crippen molar-refractivity contribution in [3.05, 3.63) is 33.6 Å². The van der Waals surface area contributed by atoms with Crippen molar-refractivity contribution < 1.29 is 24.3 Å². The molecule has 1 rings (SSSR count). The molecule has 0 fully saturated rings. The zero-order valence-electron chi connectivity index (χ0n) is 12.0. The van der Waals surface area contributed by atoms with Crippen LogP contribution >= 0.6 is 0 Å². The largest absolute Gasteiger partial charge is 0.478 e. The topological polar surface area (TPSA) is 104 Å². The molecule has 0 aliphatic heterocycles. The highest BCUT2D eigenvalue weighted by Crippen LogP contribution is 2.32. The maximum Gasteiger partial charge on any atom is 0.338 e. The van der Waals surface area contributed by atoms with Gasteiger partial charge in [0.25, 0.3) is 5.69 Å². The van der Waals surface area contributed by atoms with Gasteiger partial charge in [-0.05, 0) is 26.8 Å². The van der Waals surface area contributed by atoms with E-state index in [1.54, 1.807) is 6.92 Å². The summed E-state index contributed by atoms with van der Waals surface area (Å²) < 4.78 is 13.6. The molecule has 21 heavy (non-hydrogen) atoms. The molecule has 0 aromatic heterocycles. The van der Waals surface area contributed by atoms with Gasteiger partial charge in [-0.1, -0.05) is 0 Å². The molecular weight excluding hydrogens is 283 g/mol. The predicted molar refractivity (Wildman–Crippen MR) is 74.2 cm³/mol. The highest BCUT2D eigenvalue weighted by atomic mass is 19.1. The minimum absolute atomic E-state index is 0.0367. The summed E-state index contributed by atoms with van der Waals surface area (Å²) in [6, 6.07) is 1.51. The lowest BCUT2D eigenvalue weighted by atomic mass is 10.1. The lowest BCUT2D eigenvalue weighted by molar-refractivity contribution is -0.384. The molecule has 116 valence electrons. The van der Waals surface area contributed by atoms with Crippen LogP contribution in [0.1, 0.15) is 31.1 Å². The molecule has 0 bridgehead atoms. The smallest absolute Gasteiger partial charge is 0.338 e. The van der Waals surface area contributed by atoms with Crippen LogP contribution in [-0.2, 0) is 0 Å². The zero-order chi connectivity index (χ0) is 16.4. The van der Waals surface area contributed by atoms with Crippen LogP contribution in [0.15, 0.2) is 12.1 Å². The SMILES string of the molecule is CCN(CC(C)(C)O)c1cc(C(=O)O)c(F)cc1[N+](=O)[O-]. The summed E-state index contributed by atoms with van der Waals surface area (Å²) >= 11 is 0. The molecule has 0 amide bonds. The summed E-state index contributed by atoms with van der Waals surface area (Å²) in [5.41, 5.74) is -2.38. The average molecular weight is 300 g/mol. The molecule has 0 unspecified atom stereocenters. The number of hydrogen-bond acceptors (Lipinski definition) is 5. The van der Waals surface area contributed by atoms with Crippen LogP contribution in [-0.4, -0.2) is 39.8 Å². The molecule has 0 aliphatic rings. The van der Waals surface area contributed by atoms with E-state index >= 15 is 0 Å². The van der Waals surface area contributed by atoms with E-state index in [0.29, 0.717) is 6.07 Å². The van der Waals surface area contributed by atoms with Crippen LogP contribution in [0.3, 0.4) is 0 Å². The van der Waals surface area contributed by atoms with Gasteiger partial charge in [0.15, 0.2) is 0 Å². The van der Waals surface area contributed by atoms with E-state index in [1.807, 2.05) is 0 Å². The quantitative estimate of drug-likeness (QED) is 0.615. The highest BCUT2D eigenvalue weighted by Gasteiger charge is 2.27. The Hall–Kier alpha value is -2.22. The molecule has 0 saturated heterocycles. The minimum atomic E-state index is -1.51. The van der Waals surface area contributed by atoms with Crippen LogP contribution in [0.25, 0.3) is 0 Å². The van der Waals surface area contributed by atoms with E-state index in [-0.39, 0.29) is 18.8 Å². The number of nitrogens with zero attached hydrogens (tertiary/aromatic N) is 2. The number of carboxylic acids is 1. The molecule has 2 N–H and O–H groups in total. The summed E-state index contributed by atoms with van der Waals surface area (Å²) in [7, 11) is 0. The molecule has 0 atom stereocenters. The second-order valence-electron chi connectivity index (χ2n) is 5.21. The van der Waals surface area contributed by atoms with Crippen LogP contribution in [0.2, 0.25) is 0 Å². The Kier molecular flexibility index (Phi) is 4.84. The normalized spacial score (nSPS) is 11.3. The second kappa shape index (κ2) is 6.04. The Labute approximate surface area is 120 Å². The molecule has 0 heterocycles. The predicted octanol–water partition coefficient (Wildman–Crippen LogP) is 2.03. The van der Waals surface area contributed by atoms with Gasteiger partial charge in [0.2, 0.25) is 0 Å². The number of carboxylic acid groups (broad SMARTS) is 1. The summed E-state index contributed by atoms with van der Waals surface area (Å²) in [5, 5.41) is 29.8. The van der Waals surface area contributed by atoms with E-state index in [9.17, 15) is 24.4 Å². The Morgan fingerprint density at radius 3 is 2.43 bits per heavy atom. The molecule has 0 aliphatic carbocycles. The van der Waals surface area contributed by atoms with E-state index in [2.05, 4.69) is 0 Å². The molecule has 0 spiro atoms. The number of nitro benzene ring substituents is 1. The third-order valence-electron chi connectivity index (χ3n) is 2.79. The number of nitro groups is 1. The average Bonchev–Trinajstić information content (AvgIpc) is 2.34. The minimum Gasteiger partial charge on any atom is -0.478 e. The number of likely N-dealkylation sites (N-methyl/N-ethyl adjacent to an activating group) is 1. The Morgan fingerprint density at radius 1 is 1.48 bits per heavy atom. The standard InChI is InChI=1S/C13H17FN2O5/c1-4-15(7-13(2,3)19)10-5-8(12(17)18)9(14)6-11(10)16(20)21/h5-6,19H,4,7H2,1-3H3,(H,17,18). The second-order valence-corrected chi connectivity index (χ2v) is 5.21. The molecular formula is C13H17FN2O5. The number of anilines is 1. The fourth-order valence-electron chi connectivity index (χ4n) is 1.95. The lowest BCUT2D eigenvalue weighted by Gasteiger charge is -2.29. The fraction of sp³-hybridized carbons (Fsp3) is 0.462. The van der Waals surface area contributed by atoms with Crippen molar-refractivity contribution in [2.75, 3.05) is 18.0 Å². The van der Waals surface area contributed by atoms with Gasteiger partial charge in [0.1, 0.15) is 11.5 Å². The van der Waals surface area contributed by atoms with Gasteiger partial charge in [-0.25, -0.2) is 9.18 Å². The van der Waals surface area contributed by atoms with Crippen molar-refractivity contribution in [1.82, 2.24) is 0 Å². The van der Waals surface area contributed by atoms with E-state index in [1.165, 1.54) is 18.7 Å². The first-order chi connectivity index (χ1) is 9.56. The summed E-state index contributed by atoms with van der Waals surface area (Å²) in [5.74, 6) is -2.68. The van der Waals surface area contributed by atoms with Gasteiger partial charge >= 0.3 is 5.97 Å². The fourth-order valence-corrected chi connectivity index (χ4v) is 1.95. The van der Waals surface area contributed by atoms with E-state index in [0.717, 1.165) is 6.07 Å². The molecule has 0 saturated carbocycles. The van der Waals surface area contributed by atoms with Gasteiger partial charge in [-0.2, -0.15) is 0 Å². The van der Waals surface area contributed by atoms with Crippen molar-refractivity contribution >= 4 is 17.3 Å².